The average Bonchev–Trinajstić information content (AvgIpc) is 3.53. The van der Waals surface area contributed by atoms with Gasteiger partial charge in [-0.25, -0.2) is 14.5 Å². The SMILES string of the molecule is CC(C)N(C(=O)c1csc(-c2cnn(-c3ccccc3C(F)(F)F)c2)n1)C1CCN(C(=O)O)C(C(C)(C)C)C1. The normalized spacial score (nSPS) is 18.4. The van der Waals surface area contributed by atoms with Crippen LogP contribution in [0.25, 0.3) is 16.3 Å². The fraction of sp³-hybridized carbons (Fsp3) is 0.481. The quantitative estimate of drug-likeness (QED) is 0.387. The number of hydrogen-bond acceptors (Lipinski definition) is 5. The van der Waals surface area contributed by atoms with Crippen LogP contribution >= 0.6 is 11.3 Å². The lowest BCUT2D eigenvalue weighted by atomic mass is 9.78. The van der Waals surface area contributed by atoms with E-state index in [2.05, 4.69) is 10.1 Å². The smallest absolute Gasteiger partial charge is 0.418 e. The van der Waals surface area contributed by atoms with Crippen LogP contribution < -0.4 is 0 Å². The third-order valence-electron chi connectivity index (χ3n) is 7.01. The summed E-state index contributed by atoms with van der Waals surface area (Å²) in [6, 6.07) is 4.62. The minimum absolute atomic E-state index is 0.101. The van der Waals surface area contributed by atoms with Gasteiger partial charge in [0, 0.05) is 41.8 Å². The highest BCUT2D eigenvalue weighted by molar-refractivity contribution is 7.13. The lowest BCUT2D eigenvalue weighted by Gasteiger charge is -2.48. The summed E-state index contributed by atoms with van der Waals surface area (Å²) in [4.78, 5) is 33.3. The van der Waals surface area contributed by atoms with Gasteiger partial charge in [0.2, 0.25) is 0 Å². The van der Waals surface area contributed by atoms with Crippen molar-refractivity contribution in [1.29, 1.82) is 0 Å². The molecule has 12 heteroatoms. The van der Waals surface area contributed by atoms with E-state index in [1.807, 2.05) is 34.6 Å². The van der Waals surface area contributed by atoms with Crippen LogP contribution in [0.2, 0.25) is 0 Å². The van der Waals surface area contributed by atoms with Gasteiger partial charge in [0.15, 0.2) is 0 Å². The van der Waals surface area contributed by atoms with E-state index in [0.717, 1.165) is 10.7 Å². The van der Waals surface area contributed by atoms with Crippen molar-refractivity contribution in [3.05, 3.63) is 53.3 Å². The van der Waals surface area contributed by atoms with E-state index < -0.39 is 17.8 Å². The molecule has 0 radical (unpaired) electrons. The predicted octanol–water partition coefficient (Wildman–Crippen LogP) is 6.42. The van der Waals surface area contributed by atoms with Crippen molar-refractivity contribution in [3.63, 3.8) is 0 Å². The molecule has 2 atom stereocenters. The molecule has 0 spiro atoms. The Morgan fingerprint density at radius 3 is 2.49 bits per heavy atom. The van der Waals surface area contributed by atoms with Crippen LogP contribution in [0.1, 0.15) is 63.5 Å². The van der Waals surface area contributed by atoms with Crippen LogP contribution in [0.15, 0.2) is 42.0 Å². The molecule has 1 aliphatic rings. The van der Waals surface area contributed by atoms with Gasteiger partial charge in [0.25, 0.3) is 5.91 Å². The fourth-order valence-electron chi connectivity index (χ4n) is 5.19. The molecule has 3 aromatic rings. The number of piperidine rings is 1. The second-order valence-corrected chi connectivity index (χ2v) is 11.9. The second kappa shape index (κ2) is 10.6. The van der Waals surface area contributed by atoms with Crippen LogP contribution in [0.4, 0.5) is 18.0 Å². The average molecular weight is 564 g/mol. The number of carbonyl (C=O) groups is 2. The number of para-hydroxylation sites is 1. The topological polar surface area (TPSA) is 91.6 Å². The number of alkyl halides is 3. The Balaban J connectivity index is 1.58. The maximum absolute atomic E-state index is 13.7. The fourth-order valence-corrected chi connectivity index (χ4v) is 5.96. The summed E-state index contributed by atoms with van der Waals surface area (Å²) in [6.45, 7) is 10.2. The Labute approximate surface area is 229 Å². The Hall–Kier alpha value is -3.41. The largest absolute Gasteiger partial charge is 0.465 e. The van der Waals surface area contributed by atoms with Gasteiger partial charge in [-0.05, 0) is 44.2 Å². The molecule has 210 valence electrons. The molecule has 4 rings (SSSR count). The van der Waals surface area contributed by atoms with Gasteiger partial charge < -0.3 is 14.9 Å². The van der Waals surface area contributed by atoms with Crippen LogP contribution in [0, 0.1) is 5.41 Å². The van der Waals surface area contributed by atoms with E-state index in [9.17, 15) is 27.9 Å². The van der Waals surface area contributed by atoms with Crippen molar-refractivity contribution >= 4 is 23.3 Å². The minimum Gasteiger partial charge on any atom is -0.465 e. The van der Waals surface area contributed by atoms with Gasteiger partial charge in [-0.1, -0.05) is 32.9 Å². The molecule has 1 fully saturated rings. The first-order chi connectivity index (χ1) is 18.2. The molecule has 0 saturated carbocycles. The maximum atomic E-state index is 13.7. The number of thiazole rings is 1. The first-order valence-electron chi connectivity index (χ1n) is 12.7. The van der Waals surface area contributed by atoms with E-state index in [1.54, 1.807) is 10.3 Å². The molecule has 1 aromatic carbocycles. The summed E-state index contributed by atoms with van der Waals surface area (Å²) in [5.74, 6) is -0.260. The third-order valence-corrected chi connectivity index (χ3v) is 7.90. The van der Waals surface area contributed by atoms with Crippen LogP contribution in [-0.2, 0) is 6.18 Å². The first kappa shape index (κ1) is 28.6. The monoisotopic (exact) mass is 563 g/mol. The second-order valence-electron chi connectivity index (χ2n) is 11.1. The number of carboxylic acid groups (broad SMARTS) is 1. The van der Waals surface area contributed by atoms with Crippen molar-refractivity contribution in [1.82, 2.24) is 24.6 Å². The number of carbonyl (C=O) groups excluding carboxylic acids is 1. The lowest BCUT2D eigenvalue weighted by Crippen LogP contribution is -2.58. The van der Waals surface area contributed by atoms with Crippen molar-refractivity contribution in [2.75, 3.05) is 6.54 Å². The van der Waals surface area contributed by atoms with Crippen molar-refractivity contribution in [3.8, 4) is 16.3 Å². The summed E-state index contributed by atoms with van der Waals surface area (Å²) in [5, 5.41) is 15.9. The van der Waals surface area contributed by atoms with Gasteiger partial charge in [-0.15, -0.1) is 11.3 Å². The summed E-state index contributed by atoms with van der Waals surface area (Å²) in [7, 11) is 0. The number of nitrogens with zero attached hydrogens (tertiary/aromatic N) is 5. The molecule has 8 nitrogen and oxygen atoms in total. The van der Waals surface area contributed by atoms with E-state index >= 15 is 0 Å². The zero-order chi connectivity index (χ0) is 28.7. The molecule has 3 heterocycles. The van der Waals surface area contributed by atoms with Crippen molar-refractivity contribution < 1.29 is 27.9 Å². The highest BCUT2D eigenvalue weighted by atomic mass is 32.1. The molecule has 0 aliphatic carbocycles. The summed E-state index contributed by atoms with van der Waals surface area (Å²) >= 11 is 1.21. The van der Waals surface area contributed by atoms with E-state index in [-0.39, 0.29) is 40.8 Å². The number of benzene rings is 1. The van der Waals surface area contributed by atoms with Gasteiger partial charge in [-0.3, -0.25) is 4.79 Å². The minimum atomic E-state index is -4.53. The van der Waals surface area contributed by atoms with Crippen LogP contribution in [0.3, 0.4) is 0 Å². The Kier molecular flexibility index (Phi) is 7.79. The molecule has 0 bridgehead atoms. The molecule has 1 aliphatic heterocycles. The first-order valence-corrected chi connectivity index (χ1v) is 13.6. The Morgan fingerprint density at radius 1 is 1.18 bits per heavy atom. The maximum Gasteiger partial charge on any atom is 0.418 e. The van der Waals surface area contributed by atoms with Crippen LogP contribution in [-0.4, -0.2) is 66.3 Å². The van der Waals surface area contributed by atoms with Gasteiger partial charge in [0.05, 0.1) is 17.4 Å². The highest BCUT2D eigenvalue weighted by Crippen LogP contribution is 2.36. The number of aromatic nitrogens is 3. The zero-order valence-electron chi connectivity index (χ0n) is 22.4. The summed E-state index contributed by atoms with van der Waals surface area (Å²) in [5.41, 5.74) is -0.475. The van der Waals surface area contributed by atoms with Crippen molar-refractivity contribution in [2.45, 2.75) is 71.8 Å². The molecule has 2 unspecified atom stereocenters. The third kappa shape index (κ3) is 5.95. The number of hydrogen-bond donors (Lipinski definition) is 1. The number of rotatable bonds is 5. The molecule has 39 heavy (non-hydrogen) atoms. The molecular weight excluding hydrogens is 531 g/mol. The van der Waals surface area contributed by atoms with E-state index in [0.29, 0.717) is 30.0 Å². The van der Waals surface area contributed by atoms with Gasteiger partial charge in [-0.2, -0.15) is 18.3 Å². The molecule has 2 aromatic heterocycles. The predicted molar refractivity (Wildman–Crippen MR) is 142 cm³/mol. The number of halogens is 3. The van der Waals surface area contributed by atoms with Gasteiger partial charge >= 0.3 is 12.3 Å². The zero-order valence-corrected chi connectivity index (χ0v) is 23.3. The number of likely N-dealkylation sites (tertiary alicyclic amines) is 1. The number of amides is 2. The molecular formula is C27H32F3N5O3S. The van der Waals surface area contributed by atoms with Crippen molar-refractivity contribution in [2.24, 2.45) is 5.41 Å². The molecule has 1 saturated heterocycles. The standard InChI is InChI=1S/C27H32F3N5O3S/c1-16(2)35(18-10-11-33(25(37)38)22(12-18)26(3,4)5)24(36)20-15-39-23(32-20)17-13-31-34(14-17)21-9-7-6-8-19(21)27(28,29)30/h6-9,13-16,18,22H,10-12H2,1-5H3,(H,37,38). The van der Waals surface area contributed by atoms with Gasteiger partial charge in [0.1, 0.15) is 10.7 Å². The molecule has 1 N–H and O–H groups in total. The van der Waals surface area contributed by atoms with E-state index in [1.165, 1.54) is 46.8 Å². The molecule has 2 amide bonds. The lowest BCUT2D eigenvalue weighted by molar-refractivity contribution is -0.137. The van der Waals surface area contributed by atoms with Crippen LogP contribution in [0.5, 0.6) is 0 Å². The van der Waals surface area contributed by atoms with E-state index in [4.69, 9.17) is 0 Å². The summed E-state index contributed by atoms with van der Waals surface area (Å²) < 4.78 is 41.6. The summed E-state index contributed by atoms with van der Waals surface area (Å²) in [6.07, 6.45) is -1.56. The Morgan fingerprint density at radius 2 is 1.87 bits per heavy atom. The Bertz CT molecular complexity index is 1340. The highest BCUT2D eigenvalue weighted by Gasteiger charge is 2.42.